The van der Waals surface area contributed by atoms with Crippen LogP contribution in [0.4, 0.5) is 5.69 Å². The average Bonchev–Trinajstić information content (AvgIpc) is 2.61. The number of ether oxygens (including phenoxy) is 2. The largest absolute Gasteiger partial charge is 0.497 e. The molecule has 128 valence electrons. The monoisotopic (exact) mass is 344 g/mol. The van der Waals surface area contributed by atoms with Crippen LogP contribution in [-0.2, 0) is 6.42 Å². The minimum absolute atomic E-state index is 0.273. The maximum atomic E-state index is 5.40. The Morgan fingerprint density at radius 2 is 1.83 bits per heavy atom. The molecule has 0 spiro atoms. The highest BCUT2D eigenvalue weighted by Crippen LogP contribution is 2.28. The van der Waals surface area contributed by atoms with Gasteiger partial charge < -0.3 is 20.1 Å². The minimum atomic E-state index is 0.273. The molecule has 0 amide bonds. The molecular formula is C19H24N2O2S. The van der Waals surface area contributed by atoms with Crippen molar-refractivity contribution in [3.05, 3.63) is 54.1 Å². The van der Waals surface area contributed by atoms with E-state index in [1.54, 1.807) is 14.2 Å². The van der Waals surface area contributed by atoms with E-state index in [0.717, 1.165) is 24.3 Å². The van der Waals surface area contributed by atoms with Gasteiger partial charge in [-0.3, -0.25) is 0 Å². The fraction of sp³-hybridized carbons (Fsp3) is 0.316. The Morgan fingerprint density at radius 1 is 1.08 bits per heavy atom. The summed E-state index contributed by atoms with van der Waals surface area (Å²) in [5.74, 6) is 1.43. The number of nitrogens with one attached hydrogen (secondary N) is 2. The molecular weight excluding hydrogens is 320 g/mol. The van der Waals surface area contributed by atoms with E-state index in [0.29, 0.717) is 10.9 Å². The van der Waals surface area contributed by atoms with Crippen molar-refractivity contribution in [3.8, 4) is 11.5 Å². The Morgan fingerprint density at radius 3 is 2.50 bits per heavy atom. The van der Waals surface area contributed by atoms with Gasteiger partial charge in [0.25, 0.3) is 0 Å². The second kappa shape index (κ2) is 9.13. The summed E-state index contributed by atoms with van der Waals surface area (Å²) in [7, 11) is 3.25. The van der Waals surface area contributed by atoms with E-state index in [9.17, 15) is 0 Å². The van der Waals surface area contributed by atoms with Crippen LogP contribution in [0, 0.1) is 0 Å². The van der Waals surface area contributed by atoms with Crippen LogP contribution in [0.15, 0.2) is 48.5 Å². The van der Waals surface area contributed by atoms with Gasteiger partial charge in [-0.1, -0.05) is 30.3 Å². The lowest BCUT2D eigenvalue weighted by molar-refractivity contribution is 0.395. The van der Waals surface area contributed by atoms with Crippen LogP contribution in [0.5, 0.6) is 11.5 Å². The van der Waals surface area contributed by atoms with E-state index < -0.39 is 0 Å². The molecule has 4 nitrogen and oxygen atoms in total. The fourth-order valence-electron chi connectivity index (χ4n) is 2.38. The molecule has 0 bridgehead atoms. The molecule has 0 saturated heterocycles. The predicted molar refractivity (Wildman–Crippen MR) is 103 cm³/mol. The Hall–Kier alpha value is -2.27. The molecule has 24 heavy (non-hydrogen) atoms. The lowest BCUT2D eigenvalue weighted by Gasteiger charge is -2.18. The van der Waals surface area contributed by atoms with Crippen molar-refractivity contribution >= 4 is 23.0 Å². The maximum absolute atomic E-state index is 5.40. The van der Waals surface area contributed by atoms with E-state index in [1.165, 1.54) is 5.56 Å². The van der Waals surface area contributed by atoms with Crippen molar-refractivity contribution in [2.75, 3.05) is 19.5 Å². The number of thiocarbonyl (C=S) groups is 1. The van der Waals surface area contributed by atoms with Gasteiger partial charge in [-0.2, -0.15) is 0 Å². The van der Waals surface area contributed by atoms with Gasteiger partial charge in [0.1, 0.15) is 11.5 Å². The standard InChI is InChI=1S/C19H24N2O2S/c1-14(9-10-15-7-5-4-6-8-15)20-19(24)21-17-12-11-16(22-2)13-18(17)23-3/h4-8,11-14H,9-10H2,1-3H3,(H2,20,21,24)/t14-/m1/s1. The van der Waals surface area contributed by atoms with Crippen molar-refractivity contribution in [1.29, 1.82) is 0 Å². The van der Waals surface area contributed by atoms with E-state index >= 15 is 0 Å². The minimum Gasteiger partial charge on any atom is -0.497 e. The van der Waals surface area contributed by atoms with Crippen LogP contribution in [0.25, 0.3) is 0 Å². The van der Waals surface area contributed by atoms with E-state index in [4.69, 9.17) is 21.7 Å². The highest BCUT2D eigenvalue weighted by Gasteiger charge is 2.09. The van der Waals surface area contributed by atoms with Crippen molar-refractivity contribution in [3.63, 3.8) is 0 Å². The third kappa shape index (κ3) is 5.42. The summed E-state index contributed by atoms with van der Waals surface area (Å²) in [5.41, 5.74) is 2.15. The number of rotatable bonds is 7. The van der Waals surface area contributed by atoms with E-state index in [2.05, 4.69) is 41.8 Å². The topological polar surface area (TPSA) is 42.5 Å². The van der Waals surface area contributed by atoms with Crippen molar-refractivity contribution in [2.24, 2.45) is 0 Å². The van der Waals surface area contributed by atoms with Gasteiger partial charge >= 0.3 is 0 Å². The molecule has 0 unspecified atom stereocenters. The highest BCUT2D eigenvalue weighted by atomic mass is 32.1. The molecule has 0 aliphatic heterocycles. The molecule has 2 N–H and O–H groups in total. The second-order valence-corrected chi connectivity index (χ2v) is 6.00. The van der Waals surface area contributed by atoms with Gasteiger partial charge in [0, 0.05) is 12.1 Å². The summed E-state index contributed by atoms with van der Waals surface area (Å²) in [5, 5.41) is 7.08. The van der Waals surface area contributed by atoms with E-state index in [1.807, 2.05) is 24.3 Å². The molecule has 0 aliphatic carbocycles. The summed E-state index contributed by atoms with van der Waals surface area (Å²) >= 11 is 5.40. The van der Waals surface area contributed by atoms with Crippen molar-refractivity contribution in [1.82, 2.24) is 5.32 Å². The summed E-state index contributed by atoms with van der Waals surface area (Å²) < 4.78 is 10.6. The first-order valence-corrected chi connectivity index (χ1v) is 8.36. The fourth-order valence-corrected chi connectivity index (χ4v) is 2.70. The zero-order chi connectivity index (χ0) is 17.4. The number of anilines is 1. The van der Waals surface area contributed by atoms with Gasteiger partial charge in [0.2, 0.25) is 0 Å². The van der Waals surface area contributed by atoms with Crippen LogP contribution in [0.3, 0.4) is 0 Å². The first-order valence-electron chi connectivity index (χ1n) is 7.96. The average molecular weight is 344 g/mol. The third-order valence-corrected chi connectivity index (χ3v) is 3.96. The van der Waals surface area contributed by atoms with E-state index in [-0.39, 0.29) is 6.04 Å². The molecule has 2 aromatic rings. The van der Waals surface area contributed by atoms with Crippen molar-refractivity contribution < 1.29 is 9.47 Å². The van der Waals surface area contributed by atoms with Crippen LogP contribution >= 0.6 is 12.2 Å². The lowest BCUT2D eigenvalue weighted by atomic mass is 10.1. The number of benzene rings is 2. The molecule has 0 radical (unpaired) electrons. The Balaban J connectivity index is 1.86. The van der Waals surface area contributed by atoms with Crippen LogP contribution in [0.1, 0.15) is 18.9 Å². The number of methoxy groups -OCH3 is 2. The van der Waals surface area contributed by atoms with Crippen LogP contribution < -0.4 is 20.1 Å². The molecule has 0 aromatic heterocycles. The second-order valence-electron chi connectivity index (χ2n) is 5.59. The summed E-state index contributed by atoms with van der Waals surface area (Å²) in [6, 6.07) is 16.3. The Bertz CT molecular complexity index is 662. The summed E-state index contributed by atoms with van der Waals surface area (Å²) in [6.07, 6.45) is 2.02. The number of hydrogen-bond acceptors (Lipinski definition) is 3. The van der Waals surface area contributed by atoms with Gasteiger partial charge in [-0.15, -0.1) is 0 Å². The smallest absolute Gasteiger partial charge is 0.171 e. The van der Waals surface area contributed by atoms with Gasteiger partial charge in [-0.05, 0) is 49.7 Å². The zero-order valence-electron chi connectivity index (χ0n) is 14.3. The normalized spacial score (nSPS) is 11.5. The number of hydrogen-bond donors (Lipinski definition) is 2. The maximum Gasteiger partial charge on any atom is 0.171 e. The highest BCUT2D eigenvalue weighted by molar-refractivity contribution is 7.80. The molecule has 0 saturated carbocycles. The summed E-state index contributed by atoms with van der Waals surface area (Å²) in [4.78, 5) is 0. The quantitative estimate of drug-likeness (QED) is 0.743. The number of aryl methyl sites for hydroxylation is 1. The van der Waals surface area contributed by atoms with Gasteiger partial charge in [-0.25, -0.2) is 0 Å². The van der Waals surface area contributed by atoms with Crippen molar-refractivity contribution in [2.45, 2.75) is 25.8 Å². The van der Waals surface area contributed by atoms with Crippen LogP contribution in [0.2, 0.25) is 0 Å². The molecule has 0 fully saturated rings. The molecule has 0 heterocycles. The third-order valence-electron chi connectivity index (χ3n) is 3.74. The van der Waals surface area contributed by atoms with Gasteiger partial charge in [0.15, 0.2) is 5.11 Å². The first-order chi connectivity index (χ1) is 11.6. The Kier molecular flexibility index (Phi) is 6.88. The molecule has 5 heteroatoms. The first kappa shape index (κ1) is 18.1. The molecule has 1 atom stereocenters. The Labute approximate surface area is 149 Å². The molecule has 2 rings (SSSR count). The SMILES string of the molecule is COc1ccc(NC(=S)N[C@H](C)CCc2ccccc2)c(OC)c1. The molecule has 0 aliphatic rings. The predicted octanol–water partition coefficient (Wildman–Crippen LogP) is 4.01. The van der Waals surface area contributed by atoms with Crippen LogP contribution in [-0.4, -0.2) is 25.4 Å². The summed E-state index contributed by atoms with van der Waals surface area (Å²) in [6.45, 7) is 2.13. The molecule has 2 aromatic carbocycles. The van der Waals surface area contributed by atoms with Gasteiger partial charge in [0.05, 0.1) is 19.9 Å². The zero-order valence-corrected chi connectivity index (χ0v) is 15.2. The lowest BCUT2D eigenvalue weighted by Crippen LogP contribution is -2.36.